The molecule has 140 valence electrons. The molecule has 0 aliphatic rings. The zero-order chi connectivity index (χ0) is 19.1. The summed E-state index contributed by atoms with van der Waals surface area (Å²) in [4.78, 5) is 20.6. The van der Waals surface area contributed by atoms with Crippen LogP contribution in [-0.2, 0) is 17.7 Å². The summed E-state index contributed by atoms with van der Waals surface area (Å²) in [7, 11) is 0. The van der Waals surface area contributed by atoms with Gasteiger partial charge in [0.15, 0.2) is 11.5 Å². The Balaban J connectivity index is 1.54. The van der Waals surface area contributed by atoms with Gasteiger partial charge in [0, 0.05) is 30.9 Å². The number of hydrogen-bond donors (Lipinski definition) is 0. The summed E-state index contributed by atoms with van der Waals surface area (Å²) in [5.41, 5.74) is 1.85. The summed E-state index contributed by atoms with van der Waals surface area (Å²) in [5, 5.41) is 8.04. The van der Waals surface area contributed by atoms with Crippen molar-refractivity contribution in [1.29, 1.82) is 0 Å². The molecule has 2 aromatic heterocycles. The standard InChI is InChI=1S/C20H23N5O2/c1-3-27-20(26)18-15(2)22-17(23-24-18)11-7-8-13-25-14-12-21-19(25)16-9-5-4-6-10-16/h4-6,9-10,12,14H,3,7-8,11,13H2,1-2H3. The van der Waals surface area contributed by atoms with Crippen molar-refractivity contribution >= 4 is 5.97 Å². The van der Waals surface area contributed by atoms with E-state index in [0.717, 1.165) is 30.8 Å². The van der Waals surface area contributed by atoms with Gasteiger partial charge in [0.2, 0.25) is 0 Å². The number of aryl methyl sites for hydroxylation is 3. The minimum absolute atomic E-state index is 0.187. The predicted octanol–water partition coefficient (Wildman–Crippen LogP) is 3.24. The Labute approximate surface area is 158 Å². The average molecular weight is 365 g/mol. The molecule has 3 rings (SSSR count). The molecule has 27 heavy (non-hydrogen) atoms. The molecule has 0 aliphatic heterocycles. The number of carbonyl (C=O) groups is 1. The fourth-order valence-corrected chi connectivity index (χ4v) is 2.85. The molecule has 7 heteroatoms. The van der Waals surface area contributed by atoms with Crippen LogP contribution in [0.1, 0.15) is 41.8 Å². The molecule has 0 aliphatic carbocycles. The van der Waals surface area contributed by atoms with Crippen LogP contribution in [0, 0.1) is 6.92 Å². The topological polar surface area (TPSA) is 82.8 Å². The second-order valence-corrected chi connectivity index (χ2v) is 6.15. The first-order valence-electron chi connectivity index (χ1n) is 9.13. The van der Waals surface area contributed by atoms with Crippen molar-refractivity contribution in [3.05, 3.63) is 59.9 Å². The van der Waals surface area contributed by atoms with Gasteiger partial charge in [-0.25, -0.2) is 14.8 Å². The molecule has 0 amide bonds. The molecule has 0 radical (unpaired) electrons. The average Bonchev–Trinajstić information content (AvgIpc) is 3.15. The molecule has 7 nitrogen and oxygen atoms in total. The Morgan fingerprint density at radius 2 is 1.96 bits per heavy atom. The van der Waals surface area contributed by atoms with Crippen molar-refractivity contribution in [2.24, 2.45) is 0 Å². The number of imidazole rings is 1. The number of carbonyl (C=O) groups excluding carboxylic acids is 1. The lowest BCUT2D eigenvalue weighted by Gasteiger charge is -2.08. The molecule has 0 N–H and O–H groups in total. The van der Waals surface area contributed by atoms with Gasteiger partial charge in [0.25, 0.3) is 0 Å². The van der Waals surface area contributed by atoms with E-state index in [1.54, 1.807) is 13.8 Å². The molecule has 0 unspecified atom stereocenters. The SMILES string of the molecule is CCOC(=O)c1nnc(CCCCn2ccnc2-c2ccccc2)nc1C. The van der Waals surface area contributed by atoms with E-state index in [9.17, 15) is 4.79 Å². The first-order valence-corrected chi connectivity index (χ1v) is 9.13. The molecule has 1 aromatic carbocycles. The molecule has 0 fully saturated rings. The molecular weight excluding hydrogens is 342 g/mol. The first-order chi connectivity index (χ1) is 13.2. The fourth-order valence-electron chi connectivity index (χ4n) is 2.85. The van der Waals surface area contributed by atoms with Crippen LogP contribution in [-0.4, -0.2) is 37.3 Å². The van der Waals surface area contributed by atoms with Crippen LogP contribution in [0.3, 0.4) is 0 Å². The Bertz CT molecular complexity index is 892. The number of hydrogen-bond acceptors (Lipinski definition) is 6. The molecular formula is C20H23N5O2. The zero-order valence-electron chi connectivity index (χ0n) is 15.6. The van der Waals surface area contributed by atoms with Crippen LogP contribution >= 0.6 is 0 Å². The minimum Gasteiger partial charge on any atom is -0.461 e. The monoisotopic (exact) mass is 365 g/mol. The van der Waals surface area contributed by atoms with E-state index in [1.165, 1.54) is 0 Å². The molecule has 0 saturated heterocycles. The summed E-state index contributed by atoms with van der Waals surface area (Å²) in [6.07, 6.45) is 6.43. The smallest absolute Gasteiger partial charge is 0.360 e. The highest BCUT2D eigenvalue weighted by atomic mass is 16.5. The van der Waals surface area contributed by atoms with Gasteiger partial charge >= 0.3 is 5.97 Å². The molecule has 2 heterocycles. The van der Waals surface area contributed by atoms with Crippen LogP contribution in [0.2, 0.25) is 0 Å². The highest BCUT2D eigenvalue weighted by molar-refractivity contribution is 5.88. The van der Waals surface area contributed by atoms with Crippen LogP contribution in [0.15, 0.2) is 42.7 Å². The third-order valence-corrected chi connectivity index (χ3v) is 4.17. The van der Waals surface area contributed by atoms with Crippen LogP contribution in [0.25, 0.3) is 11.4 Å². The second kappa shape index (κ2) is 9.02. The molecule has 3 aromatic rings. The molecule has 0 atom stereocenters. The third kappa shape index (κ3) is 4.75. The fraction of sp³-hybridized carbons (Fsp3) is 0.350. The lowest BCUT2D eigenvalue weighted by Crippen LogP contribution is -2.13. The van der Waals surface area contributed by atoms with Gasteiger partial charge in [-0.1, -0.05) is 30.3 Å². The van der Waals surface area contributed by atoms with Crippen LogP contribution in [0.5, 0.6) is 0 Å². The number of ether oxygens (including phenoxy) is 1. The van der Waals surface area contributed by atoms with Crippen molar-refractivity contribution in [3.63, 3.8) is 0 Å². The number of esters is 1. The normalized spacial score (nSPS) is 10.7. The predicted molar refractivity (Wildman–Crippen MR) is 101 cm³/mol. The van der Waals surface area contributed by atoms with Gasteiger partial charge in [-0.2, -0.15) is 0 Å². The van der Waals surface area contributed by atoms with E-state index in [2.05, 4.69) is 36.9 Å². The maximum absolute atomic E-state index is 11.7. The Kier molecular flexibility index (Phi) is 6.25. The van der Waals surface area contributed by atoms with Gasteiger partial charge in [-0.3, -0.25) is 0 Å². The van der Waals surface area contributed by atoms with Crippen molar-refractivity contribution in [2.45, 2.75) is 39.7 Å². The van der Waals surface area contributed by atoms with Gasteiger partial charge in [-0.15, -0.1) is 10.2 Å². The number of aromatic nitrogens is 5. The Hall–Kier alpha value is -3.09. The van der Waals surface area contributed by atoms with E-state index < -0.39 is 5.97 Å². The van der Waals surface area contributed by atoms with Gasteiger partial charge < -0.3 is 9.30 Å². The zero-order valence-corrected chi connectivity index (χ0v) is 15.6. The van der Waals surface area contributed by atoms with Crippen molar-refractivity contribution in [2.75, 3.05) is 6.61 Å². The minimum atomic E-state index is -0.477. The van der Waals surface area contributed by atoms with Crippen molar-refractivity contribution in [3.8, 4) is 11.4 Å². The Morgan fingerprint density at radius 1 is 1.15 bits per heavy atom. The highest BCUT2D eigenvalue weighted by Gasteiger charge is 2.14. The molecule has 0 spiro atoms. The second-order valence-electron chi connectivity index (χ2n) is 6.15. The summed E-state index contributed by atoms with van der Waals surface area (Å²) in [6.45, 7) is 4.69. The quantitative estimate of drug-likeness (QED) is 0.450. The number of benzene rings is 1. The third-order valence-electron chi connectivity index (χ3n) is 4.17. The summed E-state index contributed by atoms with van der Waals surface area (Å²) < 4.78 is 7.10. The largest absolute Gasteiger partial charge is 0.461 e. The molecule has 0 saturated carbocycles. The van der Waals surface area contributed by atoms with Crippen LogP contribution in [0.4, 0.5) is 0 Å². The summed E-state index contributed by atoms with van der Waals surface area (Å²) in [6, 6.07) is 10.2. The lowest BCUT2D eigenvalue weighted by molar-refractivity contribution is 0.0516. The maximum Gasteiger partial charge on any atom is 0.360 e. The lowest BCUT2D eigenvalue weighted by atomic mass is 10.2. The van der Waals surface area contributed by atoms with Crippen molar-refractivity contribution < 1.29 is 9.53 Å². The maximum atomic E-state index is 11.7. The number of rotatable bonds is 8. The number of nitrogens with zero attached hydrogens (tertiary/aromatic N) is 5. The van der Waals surface area contributed by atoms with Crippen molar-refractivity contribution in [1.82, 2.24) is 24.7 Å². The van der Waals surface area contributed by atoms with Gasteiger partial charge in [0.05, 0.1) is 12.3 Å². The first kappa shape index (κ1) is 18.7. The highest BCUT2D eigenvalue weighted by Crippen LogP contribution is 2.17. The summed E-state index contributed by atoms with van der Waals surface area (Å²) >= 11 is 0. The summed E-state index contributed by atoms with van der Waals surface area (Å²) in [5.74, 6) is 1.15. The van der Waals surface area contributed by atoms with E-state index in [0.29, 0.717) is 24.5 Å². The van der Waals surface area contributed by atoms with Gasteiger partial charge in [-0.05, 0) is 26.7 Å². The van der Waals surface area contributed by atoms with E-state index >= 15 is 0 Å². The molecule has 0 bridgehead atoms. The van der Waals surface area contributed by atoms with Crippen LogP contribution < -0.4 is 0 Å². The van der Waals surface area contributed by atoms with E-state index in [4.69, 9.17) is 4.74 Å². The van der Waals surface area contributed by atoms with E-state index in [-0.39, 0.29) is 5.69 Å². The Morgan fingerprint density at radius 3 is 2.70 bits per heavy atom. The van der Waals surface area contributed by atoms with E-state index in [1.807, 2.05) is 30.6 Å². The van der Waals surface area contributed by atoms with Gasteiger partial charge in [0.1, 0.15) is 5.82 Å². The number of unbranched alkanes of at least 4 members (excludes halogenated alkanes) is 1.